The van der Waals surface area contributed by atoms with E-state index in [0.717, 1.165) is 10.4 Å². The van der Waals surface area contributed by atoms with Crippen molar-refractivity contribution in [3.8, 4) is 5.75 Å². The fourth-order valence-corrected chi connectivity index (χ4v) is 3.00. The van der Waals surface area contributed by atoms with Crippen LogP contribution in [0.1, 0.15) is 16.9 Å². The molecule has 3 rings (SSSR count). The Morgan fingerprint density at radius 1 is 1.39 bits per heavy atom. The topological polar surface area (TPSA) is 66.8 Å². The first kappa shape index (κ1) is 15.3. The molecule has 6 heteroatoms. The maximum atomic E-state index is 12.7. The highest BCUT2D eigenvalue weighted by Gasteiger charge is 2.30. The smallest absolute Gasteiger partial charge is 0.305 e. The van der Waals surface area contributed by atoms with E-state index in [1.807, 2.05) is 36.6 Å². The number of carboxylic acid groups (broad SMARTS) is 1. The Morgan fingerprint density at radius 3 is 2.91 bits per heavy atom. The number of carboxylic acids is 1. The van der Waals surface area contributed by atoms with Crippen LogP contribution in [0.15, 0.2) is 41.5 Å². The molecule has 0 spiro atoms. The summed E-state index contributed by atoms with van der Waals surface area (Å²) in [6, 6.07) is 9.31. The molecule has 0 radical (unpaired) electrons. The number of hydrogen-bond donors (Lipinski definition) is 1. The number of thiophene rings is 1. The third-order valence-electron chi connectivity index (χ3n) is 3.45. The van der Waals surface area contributed by atoms with Gasteiger partial charge in [-0.1, -0.05) is 12.1 Å². The molecule has 0 saturated carbocycles. The first-order chi connectivity index (χ1) is 11.0. The zero-order valence-corrected chi connectivity index (χ0v) is 13.3. The van der Waals surface area contributed by atoms with E-state index >= 15 is 0 Å². The molecule has 0 aliphatic carbocycles. The van der Waals surface area contributed by atoms with Crippen molar-refractivity contribution in [1.82, 2.24) is 0 Å². The number of benzene rings is 1. The van der Waals surface area contributed by atoms with Gasteiger partial charge in [0.25, 0.3) is 5.91 Å². The second-order valence-corrected chi connectivity index (χ2v) is 6.18. The summed E-state index contributed by atoms with van der Waals surface area (Å²) in [6.45, 7) is 2.02. The monoisotopic (exact) mass is 329 g/mol. The largest absolute Gasteiger partial charge is 0.481 e. The fourth-order valence-electron chi connectivity index (χ4n) is 2.35. The fraction of sp³-hybridized carbons (Fsp3) is 0.176. The lowest BCUT2D eigenvalue weighted by Crippen LogP contribution is -2.38. The van der Waals surface area contributed by atoms with Crippen LogP contribution in [0.4, 0.5) is 5.69 Å². The predicted octanol–water partition coefficient (Wildman–Crippen LogP) is 3.30. The minimum absolute atomic E-state index is 0.107. The van der Waals surface area contributed by atoms with E-state index in [1.54, 1.807) is 12.1 Å². The number of rotatable bonds is 4. The lowest BCUT2D eigenvalue weighted by atomic mass is 10.1. The van der Waals surface area contributed by atoms with Gasteiger partial charge in [-0.15, -0.1) is 11.3 Å². The second kappa shape index (κ2) is 6.26. The highest BCUT2D eigenvalue weighted by atomic mass is 32.1. The van der Waals surface area contributed by atoms with Crippen molar-refractivity contribution in [1.29, 1.82) is 0 Å². The highest BCUT2D eigenvalue weighted by molar-refractivity contribution is 7.10. The van der Waals surface area contributed by atoms with E-state index in [2.05, 4.69) is 0 Å². The van der Waals surface area contributed by atoms with Gasteiger partial charge >= 0.3 is 5.97 Å². The number of ether oxygens (including phenoxy) is 1. The number of carbonyl (C=O) groups excluding carboxylic acids is 1. The van der Waals surface area contributed by atoms with Crippen molar-refractivity contribution in [2.24, 2.45) is 0 Å². The third kappa shape index (κ3) is 3.27. The van der Waals surface area contributed by atoms with Crippen molar-refractivity contribution < 1.29 is 19.4 Å². The maximum absolute atomic E-state index is 12.7. The summed E-state index contributed by atoms with van der Waals surface area (Å²) < 4.78 is 5.74. The van der Waals surface area contributed by atoms with Gasteiger partial charge in [0.2, 0.25) is 0 Å². The van der Waals surface area contributed by atoms with Crippen LogP contribution in [0.3, 0.4) is 0 Å². The normalized spacial score (nSPS) is 15.4. The second-order valence-electron chi connectivity index (χ2n) is 5.20. The summed E-state index contributed by atoms with van der Waals surface area (Å²) in [4.78, 5) is 25.9. The molecule has 1 aromatic carbocycles. The van der Waals surface area contributed by atoms with Gasteiger partial charge in [0, 0.05) is 17.5 Å². The van der Waals surface area contributed by atoms with Crippen molar-refractivity contribution in [3.63, 3.8) is 0 Å². The van der Waals surface area contributed by atoms with Gasteiger partial charge in [-0.05, 0) is 36.1 Å². The first-order valence-electron chi connectivity index (χ1n) is 7.12. The number of anilines is 1. The van der Waals surface area contributed by atoms with Gasteiger partial charge in [0.1, 0.15) is 0 Å². The van der Waals surface area contributed by atoms with Crippen LogP contribution in [0.2, 0.25) is 0 Å². The molecule has 2 aromatic rings. The van der Waals surface area contributed by atoms with E-state index in [-0.39, 0.29) is 24.6 Å². The van der Waals surface area contributed by atoms with E-state index in [0.29, 0.717) is 11.4 Å². The van der Waals surface area contributed by atoms with Gasteiger partial charge in [-0.2, -0.15) is 0 Å². The van der Waals surface area contributed by atoms with Crippen molar-refractivity contribution in [2.75, 3.05) is 11.4 Å². The number of aliphatic carboxylic acids is 1. The summed E-state index contributed by atoms with van der Waals surface area (Å²) in [5.74, 6) is -0.502. The SMILES string of the molecule is Cc1ccc2c(c1)N(CCC(=O)O)C(=O)/C(=C\c1cccs1)O2. The van der Waals surface area contributed by atoms with Crippen LogP contribution in [0.25, 0.3) is 6.08 Å². The van der Waals surface area contributed by atoms with Gasteiger partial charge < -0.3 is 14.7 Å². The molecule has 5 nitrogen and oxygen atoms in total. The summed E-state index contributed by atoms with van der Waals surface area (Å²) >= 11 is 1.50. The predicted molar refractivity (Wildman–Crippen MR) is 88.7 cm³/mol. The van der Waals surface area contributed by atoms with E-state index in [4.69, 9.17) is 9.84 Å². The van der Waals surface area contributed by atoms with Crippen molar-refractivity contribution >= 4 is 35.0 Å². The number of carbonyl (C=O) groups is 2. The van der Waals surface area contributed by atoms with Crippen LogP contribution in [0, 0.1) is 6.92 Å². The molecular weight excluding hydrogens is 314 g/mol. The quantitative estimate of drug-likeness (QED) is 0.874. The zero-order valence-electron chi connectivity index (χ0n) is 12.5. The molecule has 2 heterocycles. The van der Waals surface area contributed by atoms with E-state index in [9.17, 15) is 9.59 Å². The maximum Gasteiger partial charge on any atom is 0.305 e. The number of hydrogen-bond acceptors (Lipinski definition) is 4. The molecule has 1 N–H and O–H groups in total. The molecule has 0 bridgehead atoms. The van der Waals surface area contributed by atoms with Crippen LogP contribution in [0.5, 0.6) is 5.75 Å². The Hall–Kier alpha value is -2.60. The molecule has 0 fully saturated rings. The van der Waals surface area contributed by atoms with E-state index < -0.39 is 5.97 Å². The summed E-state index contributed by atoms with van der Waals surface area (Å²) in [7, 11) is 0. The molecule has 1 aliphatic heterocycles. The van der Waals surface area contributed by atoms with Crippen molar-refractivity contribution in [3.05, 3.63) is 51.9 Å². The molecule has 23 heavy (non-hydrogen) atoms. The van der Waals surface area contributed by atoms with Crippen LogP contribution in [-0.2, 0) is 9.59 Å². The zero-order chi connectivity index (χ0) is 16.4. The lowest BCUT2D eigenvalue weighted by molar-refractivity contribution is -0.136. The molecule has 1 aromatic heterocycles. The highest BCUT2D eigenvalue weighted by Crippen LogP contribution is 2.36. The Kier molecular flexibility index (Phi) is 4.16. The average molecular weight is 329 g/mol. The Labute approximate surface area is 137 Å². The number of aryl methyl sites for hydroxylation is 1. The number of nitrogens with zero attached hydrogens (tertiary/aromatic N) is 1. The molecule has 0 unspecified atom stereocenters. The minimum Gasteiger partial charge on any atom is -0.481 e. The van der Waals surface area contributed by atoms with Crippen molar-refractivity contribution in [2.45, 2.75) is 13.3 Å². The summed E-state index contributed by atoms with van der Waals surface area (Å²) in [5.41, 5.74) is 1.59. The third-order valence-corrected chi connectivity index (χ3v) is 4.27. The Bertz CT molecular complexity index is 780. The summed E-state index contributed by atoms with van der Waals surface area (Å²) in [6.07, 6.45) is 1.56. The lowest BCUT2D eigenvalue weighted by Gasteiger charge is -2.30. The Morgan fingerprint density at radius 2 is 2.22 bits per heavy atom. The molecular formula is C17H15NO4S. The van der Waals surface area contributed by atoms with Gasteiger partial charge in [0.05, 0.1) is 12.1 Å². The standard InChI is InChI=1S/C17H15NO4S/c1-11-4-5-14-13(9-11)18(7-6-16(19)20)17(21)15(22-14)10-12-3-2-8-23-12/h2-5,8-10H,6-7H2,1H3,(H,19,20)/b15-10+. The molecule has 1 amide bonds. The van der Waals surface area contributed by atoms with Crippen LogP contribution < -0.4 is 9.64 Å². The average Bonchev–Trinajstić information content (AvgIpc) is 3.00. The van der Waals surface area contributed by atoms with Gasteiger partial charge in [-0.25, -0.2) is 0 Å². The van der Waals surface area contributed by atoms with Crippen LogP contribution in [-0.4, -0.2) is 23.5 Å². The summed E-state index contributed by atoms with van der Waals surface area (Å²) in [5, 5.41) is 10.8. The van der Waals surface area contributed by atoms with Crippen LogP contribution >= 0.6 is 11.3 Å². The van der Waals surface area contributed by atoms with E-state index in [1.165, 1.54) is 16.2 Å². The first-order valence-corrected chi connectivity index (χ1v) is 8.00. The van der Waals surface area contributed by atoms with Gasteiger partial charge in [0.15, 0.2) is 11.5 Å². The molecule has 0 saturated heterocycles. The molecule has 0 atom stereocenters. The number of fused-ring (bicyclic) bond motifs is 1. The van der Waals surface area contributed by atoms with Gasteiger partial charge in [-0.3, -0.25) is 9.59 Å². The number of amides is 1. The molecule has 1 aliphatic rings. The Balaban J connectivity index is 2.00. The molecule has 118 valence electrons. The minimum atomic E-state index is -0.942.